The molecule has 3 N–H and O–H groups in total. The van der Waals surface area contributed by atoms with E-state index in [9.17, 15) is 18.3 Å². The zero-order valence-corrected chi connectivity index (χ0v) is 17.0. The lowest BCUT2D eigenvalue weighted by Gasteiger charge is -2.16. The van der Waals surface area contributed by atoms with Gasteiger partial charge in [0.05, 0.1) is 24.5 Å². The van der Waals surface area contributed by atoms with E-state index in [-0.39, 0.29) is 25.2 Å². The van der Waals surface area contributed by atoms with Crippen molar-refractivity contribution in [3.05, 3.63) is 41.7 Å². The molecule has 0 aliphatic carbocycles. The van der Waals surface area contributed by atoms with Crippen LogP contribution in [0.15, 0.2) is 30.6 Å². The SMILES string of the molecule is CC[C@@H](CO)Nc1nc(NCc2cccc(C(F)(F)F)c2)c2ncn(C(C)C)c2n1. The molecule has 3 aromatic rings. The zero-order valence-electron chi connectivity index (χ0n) is 17.0. The number of fused-ring (bicyclic) bond motifs is 1. The molecular formula is C20H25F3N6O. The topological polar surface area (TPSA) is 87.9 Å². The molecule has 7 nitrogen and oxygen atoms in total. The minimum absolute atomic E-state index is 0.0751. The summed E-state index contributed by atoms with van der Waals surface area (Å²) in [5.41, 5.74) is 0.895. The third-order valence-corrected chi connectivity index (χ3v) is 4.74. The van der Waals surface area contributed by atoms with Gasteiger partial charge in [-0.3, -0.25) is 0 Å². The molecule has 0 bridgehead atoms. The number of imidazole rings is 1. The van der Waals surface area contributed by atoms with Gasteiger partial charge in [-0.15, -0.1) is 0 Å². The second-order valence-corrected chi connectivity index (χ2v) is 7.30. The number of anilines is 2. The van der Waals surface area contributed by atoms with Crippen molar-refractivity contribution in [1.82, 2.24) is 19.5 Å². The summed E-state index contributed by atoms with van der Waals surface area (Å²) < 4.78 is 40.8. The lowest BCUT2D eigenvalue weighted by Crippen LogP contribution is -2.24. The molecule has 10 heteroatoms. The number of aliphatic hydroxyl groups is 1. The zero-order chi connectivity index (χ0) is 21.9. The molecule has 3 rings (SSSR count). The van der Waals surface area contributed by atoms with E-state index < -0.39 is 11.7 Å². The van der Waals surface area contributed by atoms with Crippen LogP contribution in [0.25, 0.3) is 11.2 Å². The number of hydrogen-bond donors (Lipinski definition) is 3. The van der Waals surface area contributed by atoms with Crippen LogP contribution in [0, 0.1) is 0 Å². The van der Waals surface area contributed by atoms with Crippen LogP contribution in [0.3, 0.4) is 0 Å². The fourth-order valence-electron chi connectivity index (χ4n) is 2.99. The molecular weight excluding hydrogens is 397 g/mol. The minimum Gasteiger partial charge on any atom is -0.394 e. The fraction of sp³-hybridized carbons (Fsp3) is 0.450. The molecule has 30 heavy (non-hydrogen) atoms. The quantitative estimate of drug-likeness (QED) is 0.504. The first-order valence-electron chi connectivity index (χ1n) is 9.74. The van der Waals surface area contributed by atoms with Crippen molar-refractivity contribution >= 4 is 22.9 Å². The number of benzene rings is 1. The summed E-state index contributed by atoms with van der Waals surface area (Å²) in [7, 11) is 0. The largest absolute Gasteiger partial charge is 0.416 e. The Kier molecular flexibility index (Phi) is 6.45. The molecule has 0 spiro atoms. The van der Waals surface area contributed by atoms with Crippen molar-refractivity contribution < 1.29 is 18.3 Å². The van der Waals surface area contributed by atoms with Crippen molar-refractivity contribution in [2.24, 2.45) is 0 Å². The Morgan fingerprint density at radius 1 is 1.20 bits per heavy atom. The maximum atomic E-state index is 13.0. The molecule has 0 saturated heterocycles. The highest BCUT2D eigenvalue weighted by Crippen LogP contribution is 2.30. The third-order valence-electron chi connectivity index (χ3n) is 4.74. The first-order chi connectivity index (χ1) is 14.2. The van der Waals surface area contributed by atoms with Gasteiger partial charge in [0.1, 0.15) is 0 Å². The lowest BCUT2D eigenvalue weighted by molar-refractivity contribution is -0.137. The van der Waals surface area contributed by atoms with E-state index in [1.54, 1.807) is 12.4 Å². The van der Waals surface area contributed by atoms with Crippen LogP contribution in [0.1, 0.15) is 44.4 Å². The monoisotopic (exact) mass is 422 g/mol. The Morgan fingerprint density at radius 3 is 2.60 bits per heavy atom. The van der Waals surface area contributed by atoms with Crippen LogP contribution in [-0.4, -0.2) is 37.3 Å². The van der Waals surface area contributed by atoms with E-state index in [1.165, 1.54) is 6.07 Å². The summed E-state index contributed by atoms with van der Waals surface area (Å²) in [6.45, 7) is 5.98. The van der Waals surface area contributed by atoms with E-state index in [1.807, 2.05) is 25.3 Å². The second-order valence-electron chi connectivity index (χ2n) is 7.30. The number of rotatable bonds is 8. The summed E-state index contributed by atoms with van der Waals surface area (Å²) in [6, 6.07) is 5.03. The van der Waals surface area contributed by atoms with Crippen LogP contribution in [0.2, 0.25) is 0 Å². The molecule has 1 aromatic carbocycles. The summed E-state index contributed by atoms with van der Waals surface area (Å²) in [4.78, 5) is 13.4. The van der Waals surface area contributed by atoms with Crippen LogP contribution in [0.4, 0.5) is 24.9 Å². The number of nitrogens with one attached hydrogen (secondary N) is 2. The molecule has 0 saturated carbocycles. The highest BCUT2D eigenvalue weighted by molar-refractivity contribution is 5.84. The van der Waals surface area contributed by atoms with Crippen LogP contribution in [-0.2, 0) is 12.7 Å². The van der Waals surface area contributed by atoms with Crippen molar-refractivity contribution in [2.75, 3.05) is 17.2 Å². The van der Waals surface area contributed by atoms with Crippen molar-refractivity contribution in [2.45, 2.75) is 52.0 Å². The van der Waals surface area contributed by atoms with E-state index in [0.717, 1.165) is 12.1 Å². The van der Waals surface area contributed by atoms with Gasteiger partial charge in [-0.25, -0.2) is 4.98 Å². The molecule has 0 unspecified atom stereocenters. The van der Waals surface area contributed by atoms with Crippen LogP contribution >= 0.6 is 0 Å². The molecule has 162 valence electrons. The fourth-order valence-corrected chi connectivity index (χ4v) is 2.99. The maximum absolute atomic E-state index is 13.0. The Bertz CT molecular complexity index is 998. The highest BCUT2D eigenvalue weighted by Gasteiger charge is 2.30. The summed E-state index contributed by atoms with van der Waals surface area (Å²) in [5.74, 6) is 0.726. The lowest BCUT2D eigenvalue weighted by atomic mass is 10.1. The minimum atomic E-state index is -4.40. The Morgan fingerprint density at radius 2 is 1.97 bits per heavy atom. The third kappa shape index (κ3) is 4.81. The molecule has 2 aromatic heterocycles. The standard InChI is InChI=1S/C20H25F3N6O/c1-4-15(10-30)26-19-27-17(16-18(28-19)29(11-25-16)12(2)3)24-9-13-6-5-7-14(8-13)20(21,22)23/h5-8,11-12,15,30H,4,9-10H2,1-3H3,(H2,24,26,27,28)/t15-/m0/s1. The van der Waals surface area contributed by atoms with E-state index in [0.29, 0.717) is 34.9 Å². The maximum Gasteiger partial charge on any atom is 0.416 e. The van der Waals surface area contributed by atoms with Crippen molar-refractivity contribution in [1.29, 1.82) is 0 Å². The van der Waals surface area contributed by atoms with Gasteiger partial charge >= 0.3 is 6.18 Å². The van der Waals surface area contributed by atoms with Crippen LogP contribution in [0.5, 0.6) is 0 Å². The highest BCUT2D eigenvalue weighted by atomic mass is 19.4. The smallest absolute Gasteiger partial charge is 0.394 e. The van der Waals surface area contributed by atoms with Crippen molar-refractivity contribution in [3.63, 3.8) is 0 Å². The molecule has 0 aliphatic heterocycles. The Hall–Kier alpha value is -2.88. The van der Waals surface area contributed by atoms with Gasteiger partial charge in [0.15, 0.2) is 17.0 Å². The number of hydrogen-bond acceptors (Lipinski definition) is 6. The molecule has 0 aliphatic rings. The van der Waals surface area contributed by atoms with Gasteiger partial charge in [0.25, 0.3) is 0 Å². The molecule has 1 atom stereocenters. The Labute approximate surface area is 172 Å². The predicted molar refractivity (Wildman–Crippen MR) is 109 cm³/mol. The molecule has 0 radical (unpaired) electrons. The Balaban J connectivity index is 1.94. The second kappa shape index (κ2) is 8.86. The van der Waals surface area contributed by atoms with Gasteiger partial charge in [-0.2, -0.15) is 23.1 Å². The van der Waals surface area contributed by atoms with Gasteiger partial charge in [0.2, 0.25) is 5.95 Å². The number of aromatic nitrogens is 4. The normalized spacial score (nSPS) is 13.1. The predicted octanol–water partition coefficient (Wildman–Crippen LogP) is 4.22. The number of nitrogens with zero attached hydrogens (tertiary/aromatic N) is 4. The number of halogens is 3. The average molecular weight is 422 g/mol. The van der Waals surface area contributed by atoms with E-state index >= 15 is 0 Å². The van der Waals surface area contributed by atoms with Gasteiger partial charge in [-0.05, 0) is 38.0 Å². The van der Waals surface area contributed by atoms with E-state index in [4.69, 9.17) is 0 Å². The summed E-state index contributed by atoms with van der Waals surface area (Å²) in [5, 5.41) is 15.7. The summed E-state index contributed by atoms with van der Waals surface area (Å²) in [6.07, 6.45) is -2.06. The molecule has 0 fully saturated rings. The average Bonchev–Trinajstić information content (AvgIpc) is 3.14. The van der Waals surface area contributed by atoms with Gasteiger partial charge in [0, 0.05) is 12.6 Å². The molecule has 2 heterocycles. The van der Waals surface area contributed by atoms with E-state index in [2.05, 4.69) is 25.6 Å². The molecule has 0 amide bonds. The number of alkyl halides is 3. The van der Waals surface area contributed by atoms with Crippen molar-refractivity contribution in [3.8, 4) is 0 Å². The number of aliphatic hydroxyl groups excluding tert-OH is 1. The first kappa shape index (κ1) is 21.8. The van der Waals surface area contributed by atoms with Crippen LogP contribution < -0.4 is 10.6 Å². The van der Waals surface area contributed by atoms with Gasteiger partial charge < -0.3 is 20.3 Å². The summed E-state index contributed by atoms with van der Waals surface area (Å²) >= 11 is 0. The van der Waals surface area contributed by atoms with Gasteiger partial charge in [-0.1, -0.05) is 19.1 Å². The first-order valence-corrected chi connectivity index (χ1v) is 9.74.